The Morgan fingerprint density at radius 3 is 2.20 bits per heavy atom. The van der Waals surface area contributed by atoms with Gasteiger partial charge in [0, 0.05) is 6.54 Å². The van der Waals surface area contributed by atoms with Crippen molar-refractivity contribution in [2.45, 2.75) is 19.9 Å². The van der Waals surface area contributed by atoms with Gasteiger partial charge in [-0.15, -0.1) is 0 Å². The maximum atomic E-state index is 11.4. The minimum absolute atomic E-state index is 0.236. The summed E-state index contributed by atoms with van der Waals surface area (Å²) in [6.45, 7) is 3.53. The van der Waals surface area contributed by atoms with Crippen LogP contribution in [0.15, 0.2) is 24.3 Å². The van der Waals surface area contributed by atoms with Crippen molar-refractivity contribution >= 4 is 11.9 Å². The molecule has 0 saturated carbocycles. The normalized spacial score (nSPS) is 10.4. The lowest BCUT2D eigenvalue weighted by atomic mass is 10.0. The number of benzene rings is 1. The lowest BCUT2D eigenvalue weighted by molar-refractivity contribution is -0.142. The second-order valence-corrected chi connectivity index (χ2v) is 4.40. The predicted octanol–water partition coefficient (Wildman–Crippen LogP) is 1.40. The maximum Gasteiger partial charge on any atom is 0.319 e. The zero-order valence-corrected chi connectivity index (χ0v) is 12.2. The van der Waals surface area contributed by atoms with Gasteiger partial charge < -0.3 is 9.47 Å². The van der Waals surface area contributed by atoms with Gasteiger partial charge in [0.05, 0.1) is 27.2 Å². The van der Waals surface area contributed by atoms with Crippen molar-refractivity contribution in [3.05, 3.63) is 35.4 Å². The molecular formula is C15H21NO4. The summed E-state index contributed by atoms with van der Waals surface area (Å²) in [5, 5.41) is 0. The van der Waals surface area contributed by atoms with Crippen molar-refractivity contribution < 1.29 is 19.1 Å². The molecule has 1 aromatic rings. The highest BCUT2D eigenvalue weighted by Crippen LogP contribution is 2.13. The van der Waals surface area contributed by atoms with E-state index < -0.39 is 0 Å². The topological polar surface area (TPSA) is 55.8 Å². The molecule has 0 unspecified atom stereocenters. The van der Waals surface area contributed by atoms with Crippen LogP contribution in [0.25, 0.3) is 0 Å². The van der Waals surface area contributed by atoms with Gasteiger partial charge in [-0.05, 0) is 17.7 Å². The molecule has 0 aromatic heterocycles. The molecule has 0 spiro atoms. The first kappa shape index (κ1) is 16.2. The zero-order valence-electron chi connectivity index (χ0n) is 12.2. The van der Waals surface area contributed by atoms with E-state index >= 15 is 0 Å². The van der Waals surface area contributed by atoms with Crippen LogP contribution in [0.2, 0.25) is 0 Å². The quantitative estimate of drug-likeness (QED) is 0.706. The van der Waals surface area contributed by atoms with E-state index in [9.17, 15) is 9.59 Å². The molecule has 0 amide bonds. The van der Waals surface area contributed by atoms with Gasteiger partial charge >= 0.3 is 11.9 Å². The van der Waals surface area contributed by atoms with Gasteiger partial charge in [0.25, 0.3) is 0 Å². The van der Waals surface area contributed by atoms with Crippen molar-refractivity contribution in [1.82, 2.24) is 4.90 Å². The van der Waals surface area contributed by atoms with Crippen molar-refractivity contribution in [3.8, 4) is 0 Å². The standard InChI is InChI=1S/C15H21NO4/c1-4-16(11-15(18)20-3)10-13-8-6-5-7-12(13)9-14(17)19-2/h5-8H,4,9-11H2,1-3H3. The van der Waals surface area contributed by atoms with E-state index in [0.29, 0.717) is 6.54 Å². The van der Waals surface area contributed by atoms with E-state index in [4.69, 9.17) is 4.74 Å². The van der Waals surface area contributed by atoms with Crippen LogP contribution in [0.5, 0.6) is 0 Å². The highest BCUT2D eigenvalue weighted by atomic mass is 16.5. The fraction of sp³-hybridized carbons (Fsp3) is 0.467. The Morgan fingerprint density at radius 1 is 1.05 bits per heavy atom. The SMILES string of the molecule is CCN(CC(=O)OC)Cc1ccccc1CC(=O)OC. The van der Waals surface area contributed by atoms with Crippen molar-refractivity contribution in [2.75, 3.05) is 27.3 Å². The third-order valence-corrected chi connectivity index (χ3v) is 3.10. The first-order valence-corrected chi connectivity index (χ1v) is 6.53. The van der Waals surface area contributed by atoms with Crippen LogP contribution in [-0.4, -0.2) is 44.1 Å². The highest BCUT2D eigenvalue weighted by Gasteiger charge is 2.13. The molecule has 1 aromatic carbocycles. The van der Waals surface area contributed by atoms with Gasteiger partial charge in [-0.1, -0.05) is 31.2 Å². The van der Waals surface area contributed by atoms with Crippen LogP contribution in [0.3, 0.4) is 0 Å². The third-order valence-electron chi connectivity index (χ3n) is 3.10. The first-order valence-electron chi connectivity index (χ1n) is 6.53. The van der Waals surface area contributed by atoms with Gasteiger partial charge in [-0.3, -0.25) is 14.5 Å². The van der Waals surface area contributed by atoms with Crippen LogP contribution in [0.4, 0.5) is 0 Å². The Morgan fingerprint density at radius 2 is 1.65 bits per heavy atom. The van der Waals surface area contributed by atoms with E-state index in [1.54, 1.807) is 0 Å². The average Bonchev–Trinajstić information content (AvgIpc) is 2.47. The summed E-state index contributed by atoms with van der Waals surface area (Å²) < 4.78 is 9.37. The van der Waals surface area contributed by atoms with Gasteiger partial charge in [0.2, 0.25) is 0 Å². The molecule has 0 aliphatic heterocycles. The summed E-state index contributed by atoms with van der Waals surface area (Å²) in [7, 11) is 2.75. The number of hydrogen-bond acceptors (Lipinski definition) is 5. The van der Waals surface area contributed by atoms with E-state index in [1.165, 1.54) is 14.2 Å². The molecule has 1 rings (SSSR count). The van der Waals surface area contributed by atoms with E-state index in [0.717, 1.165) is 17.7 Å². The Labute approximate surface area is 119 Å². The van der Waals surface area contributed by atoms with Crippen LogP contribution >= 0.6 is 0 Å². The summed E-state index contributed by atoms with van der Waals surface area (Å²) in [5.74, 6) is -0.536. The second kappa shape index (κ2) is 8.32. The van der Waals surface area contributed by atoms with E-state index in [2.05, 4.69) is 4.74 Å². The van der Waals surface area contributed by atoms with Gasteiger partial charge in [0.1, 0.15) is 0 Å². The average molecular weight is 279 g/mol. The second-order valence-electron chi connectivity index (χ2n) is 4.40. The van der Waals surface area contributed by atoms with Crippen molar-refractivity contribution in [2.24, 2.45) is 0 Å². The molecule has 0 atom stereocenters. The highest BCUT2D eigenvalue weighted by molar-refractivity contribution is 5.73. The fourth-order valence-corrected chi connectivity index (χ4v) is 1.88. The van der Waals surface area contributed by atoms with Crippen LogP contribution in [0, 0.1) is 0 Å². The fourth-order valence-electron chi connectivity index (χ4n) is 1.88. The van der Waals surface area contributed by atoms with E-state index in [1.807, 2.05) is 36.1 Å². The number of nitrogens with zero attached hydrogens (tertiary/aromatic N) is 1. The lowest BCUT2D eigenvalue weighted by Gasteiger charge is -2.20. The first-order chi connectivity index (χ1) is 9.60. The van der Waals surface area contributed by atoms with Crippen LogP contribution in [0.1, 0.15) is 18.1 Å². The summed E-state index contributed by atoms with van der Waals surface area (Å²) in [4.78, 5) is 24.7. The third kappa shape index (κ3) is 5.01. The number of carbonyl (C=O) groups excluding carboxylic acids is 2. The zero-order chi connectivity index (χ0) is 15.0. The molecule has 110 valence electrons. The van der Waals surface area contributed by atoms with Crippen molar-refractivity contribution in [3.63, 3.8) is 0 Å². The number of ether oxygens (including phenoxy) is 2. The monoisotopic (exact) mass is 279 g/mol. The minimum atomic E-state index is -0.270. The van der Waals surface area contributed by atoms with Crippen molar-refractivity contribution in [1.29, 1.82) is 0 Å². The molecule has 0 radical (unpaired) electrons. The molecule has 0 aliphatic rings. The number of methoxy groups -OCH3 is 2. The lowest BCUT2D eigenvalue weighted by Crippen LogP contribution is -2.30. The number of hydrogen-bond donors (Lipinski definition) is 0. The van der Waals surface area contributed by atoms with E-state index in [-0.39, 0.29) is 24.9 Å². The summed E-state index contributed by atoms with van der Waals surface area (Å²) in [6.07, 6.45) is 0.239. The molecule has 20 heavy (non-hydrogen) atoms. The molecule has 0 aliphatic carbocycles. The molecule has 5 nitrogen and oxygen atoms in total. The number of likely N-dealkylation sites (N-methyl/N-ethyl adjacent to an activating group) is 1. The van der Waals surface area contributed by atoms with Crippen LogP contribution in [-0.2, 0) is 32.0 Å². The molecule has 0 heterocycles. The van der Waals surface area contributed by atoms with Gasteiger partial charge in [0.15, 0.2) is 0 Å². The van der Waals surface area contributed by atoms with Crippen LogP contribution < -0.4 is 0 Å². The molecule has 0 N–H and O–H groups in total. The Hall–Kier alpha value is -1.88. The Balaban J connectivity index is 2.79. The summed E-state index contributed by atoms with van der Waals surface area (Å²) in [5.41, 5.74) is 1.94. The number of rotatable bonds is 7. The van der Waals surface area contributed by atoms with Gasteiger partial charge in [-0.2, -0.15) is 0 Å². The molecule has 0 bridgehead atoms. The minimum Gasteiger partial charge on any atom is -0.469 e. The molecule has 5 heteroatoms. The Kier molecular flexibility index (Phi) is 6.73. The molecular weight excluding hydrogens is 258 g/mol. The predicted molar refractivity (Wildman–Crippen MR) is 75.1 cm³/mol. The Bertz CT molecular complexity index is 459. The smallest absolute Gasteiger partial charge is 0.319 e. The largest absolute Gasteiger partial charge is 0.469 e. The van der Waals surface area contributed by atoms with Gasteiger partial charge in [-0.25, -0.2) is 0 Å². The summed E-state index contributed by atoms with van der Waals surface area (Å²) in [6, 6.07) is 7.66. The number of carbonyl (C=O) groups is 2. The summed E-state index contributed by atoms with van der Waals surface area (Å²) >= 11 is 0. The maximum absolute atomic E-state index is 11.4. The molecule has 0 fully saturated rings. The number of esters is 2. The molecule has 0 saturated heterocycles.